The van der Waals surface area contributed by atoms with Gasteiger partial charge in [0.1, 0.15) is 5.75 Å². The molecule has 0 aliphatic rings. The molecule has 0 fully saturated rings. The predicted molar refractivity (Wildman–Crippen MR) is 70.4 cm³/mol. The van der Waals surface area contributed by atoms with Crippen molar-refractivity contribution in [1.82, 2.24) is 0 Å². The van der Waals surface area contributed by atoms with Gasteiger partial charge in [-0.25, -0.2) is 0 Å². The summed E-state index contributed by atoms with van der Waals surface area (Å²) in [7, 11) is 1.59. The Morgan fingerprint density at radius 2 is 2.24 bits per heavy atom. The van der Waals surface area contributed by atoms with Crippen molar-refractivity contribution in [3.63, 3.8) is 0 Å². The van der Waals surface area contributed by atoms with Crippen LogP contribution in [0.1, 0.15) is 15.2 Å². The number of halogens is 1. The molecular formula is C13H11ClO2S. The van der Waals surface area contributed by atoms with Crippen molar-refractivity contribution in [3.8, 4) is 5.75 Å². The maximum atomic E-state index is 12.0. The Morgan fingerprint density at radius 1 is 1.41 bits per heavy atom. The highest BCUT2D eigenvalue weighted by molar-refractivity contribution is 7.12. The second kappa shape index (κ2) is 5.34. The van der Waals surface area contributed by atoms with E-state index in [1.165, 1.54) is 11.3 Å². The smallest absolute Gasteiger partial charge is 0.177 e. The van der Waals surface area contributed by atoms with Crippen LogP contribution in [0.25, 0.3) is 0 Å². The number of rotatable bonds is 4. The molecule has 0 unspecified atom stereocenters. The lowest BCUT2D eigenvalue weighted by atomic mass is 10.1. The third kappa shape index (κ3) is 2.87. The van der Waals surface area contributed by atoms with Gasteiger partial charge >= 0.3 is 0 Å². The molecule has 0 bridgehead atoms. The van der Waals surface area contributed by atoms with E-state index in [-0.39, 0.29) is 5.78 Å². The highest BCUT2D eigenvalue weighted by atomic mass is 35.5. The van der Waals surface area contributed by atoms with Crippen LogP contribution in [-0.2, 0) is 6.42 Å². The fraction of sp³-hybridized carbons (Fsp3) is 0.154. The molecule has 0 atom stereocenters. The fourth-order valence-corrected chi connectivity index (χ4v) is 2.44. The molecule has 0 radical (unpaired) electrons. The van der Waals surface area contributed by atoms with Crippen LogP contribution in [0.15, 0.2) is 35.7 Å². The van der Waals surface area contributed by atoms with E-state index in [9.17, 15) is 4.79 Å². The monoisotopic (exact) mass is 266 g/mol. The number of benzene rings is 1. The first-order valence-corrected chi connectivity index (χ1v) is 6.35. The van der Waals surface area contributed by atoms with E-state index in [1.54, 1.807) is 25.3 Å². The molecule has 0 spiro atoms. The highest BCUT2D eigenvalue weighted by Gasteiger charge is 2.12. The average molecular weight is 267 g/mol. The zero-order valence-electron chi connectivity index (χ0n) is 9.27. The van der Waals surface area contributed by atoms with E-state index in [1.807, 2.05) is 17.5 Å². The summed E-state index contributed by atoms with van der Waals surface area (Å²) >= 11 is 7.36. The summed E-state index contributed by atoms with van der Waals surface area (Å²) in [4.78, 5) is 12.7. The predicted octanol–water partition coefficient (Wildman–Crippen LogP) is 3.84. The molecule has 1 aromatic carbocycles. The summed E-state index contributed by atoms with van der Waals surface area (Å²) in [6.45, 7) is 0. The molecule has 1 heterocycles. The molecule has 0 N–H and O–H groups in total. The SMILES string of the molecule is COc1ccc(Cl)cc1CC(=O)c1cccs1. The minimum atomic E-state index is 0.0839. The van der Waals surface area contributed by atoms with Crippen molar-refractivity contribution in [2.45, 2.75) is 6.42 Å². The van der Waals surface area contributed by atoms with Gasteiger partial charge in [0, 0.05) is 17.0 Å². The lowest BCUT2D eigenvalue weighted by Gasteiger charge is -2.07. The Morgan fingerprint density at radius 3 is 2.88 bits per heavy atom. The largest absolute Gasteiger partial charge is 0.496 e. The topological polar surface area (TPSA) is 26.3 Å². The van der Waals surface area contributed by atoms with Gasteiger partial charge < -0.3 is 4.74 Å². The maximum Gasteiger partial charge on any atom is 0.177 e. The lowest BCUT2D eigenvalue weighted by Crippen LogP contribution is -2.03. The van der Waals surface area contributed by atoms with Gasteiger partial charge in [-0.15, -0.1) is 11.3 Å². The minimum Gasteiger partial charge on any atom is -0.496 e. The Balaban J connectivity index is 2.23. The molecule has 17 heavy (non-hydrogen) atoms. The number of thiophene rings is 1. The number of ether oxygens (including phenoxy) is 1. The van der Waals surface area contributed by atoms with Crippen molar-refractivity contribution in [3.05, 3.63) is 51.2 Å². The van der Waals surface area contributed by atoms with Crippen molar-refractivity contribution in [2.75, 3.05) is 7.11 Å². The van der Waals surface area contributed by atoms with E-state index < -0.39 is 0 Å². The molecule has 88 valence electrons. The van der Waals surface area contributed by atoms with Crippen LogP contribution in [0.5, 0.6) is 5.75 Å². The summed E-state index contributed by atoms with van der Waals surface area (Å²) < 4.78 is 5.21. The van der Waals surface area contributed by atoms with Crippen LogP contribution in [0.4, 0.5) is 0 Å². The number of carbonyl (C=O) groups excluding carboxylic acids is 1. The molecule has 0 saturated carbocycles. The number of hydrogen-bond donors (Lipinski definition) is 0. The first kappa shape index (κ1) is 12.1. The van der Waals surface area contributed by atoms with E-state index in [0.717, 1.165) is 10.4 Å². The maximum absolute atomic E-state index is 12.0. The third-order valence-electron chi connectivity index (χ3n) is 2.39. The van der Waals surface area contributed by atoms with Gasteiger partial charge in [-0.2, -0.15) is 0 Å². The van der Waals surface area contributed by atoms with Gasteiger partial charge in [0.2, 0.25) is 0 Å². The van der Waals surface area contributed by atoms with Crippen molar-refractivity contribution in [1.29, 1.82) is 0 Å². The molecule has 2 aromatic rings. The summed E-state index contributed by atoms with van der Waals surface area (Å²) in [6.07, 6.45) is 0.310. The molecule has 0 aliphatic heterocycles. The van der Waals surface area contributed by atoms with Crippen LogP contribution in [0, 0.1) is 0 Å². The second-order valence-electron chi connectivity index (χ2n) is 3.53. The van der Waals surface area contributed by atoms with Crippen LogP contribution in [-0.4, -0.2) is 12.9 Å². The number of ketones is 1. The molecular weight excluding hydrogens is 256 g/mol. The summed E-state index contributed by atoms with van der Waals surface area (Å²) in [6, 6.07) is 8.99. The Labute approximate surface area is 109 Å². The second-order valence-corrected chi connectivity index (χ2v) is 4.92. The molecule has 0 saturated heterocycles. The quantitative estimate of drug-likeness (QED) is 0.786. The van der Waals surface area contributed by atoms with Crippen LogP contribution < -0.4 is 4.74 Å². The molecule has 0 aliphatic carbocycles. The van der Waals surface area contributed by atoms with E-state index in [0.29, 0.717) is 17.2 Å². The summed E-state index contributed by atoms with van der Waals surface area (Å²) in [5.74, 6) is 0.778. The van der Waals surface area contributed by atoms with Crippen molar-refractivity contribution >= 4 is 28.7 Å². The fourth-order valence-electron chi connectivity index (χ4n) is 1.58. The zero-order valence-corrected chi connectivity index (χ0v) is 10.8. The zero-order chi connectivity index (χ0) is 12.3. The lowest BCUT2D eigenvalue weighted by molar-refractivity contribution is 0.0996. The highest BCUT2D eigenvalue weighted by Crippen LogP contribution is 2.24. The first-order valence-electron chi connectivity index (χ1n) is 5.10. The van der Waals surface area contributed by atoms with E-state index in [2.05, 4.69) is 0 Å². The standard InChI is InChI=1S/C13H11ClO2S/c1-16-12-5-4-10(14)7-9(12)8-11(15)13-3-2-6-17-13/h2-7H,8H2,1H3. The molecule has 2 nitrogen and oxygen atoms in total. The number of methoxy groups -OCH3 is 1. The Bertz CT molecular complexity index is 520. The number of Topliss-reactive ketones (excluding diaryl/α,β-unsaturated/α-hetero) is 1. The first-order chi connectivity index (χ1) is 8.20. The van der Waals surface area contributed by atoms with Crippen molar-refractivity contribution < 1.29 is 9.53 Å². The third-order valence-corrected chi connectivity index (χ3v) is 3.54. The summed E-state index contributed by atoms with van der Waals surface area (Å²) in [5.41, 5.74) is 0.818. The van der Waals surface area contributed by atoms with Crippen molar-refractivity contribution in [2.24, 2.45) is 0 Å². The van der Waals surface area contributed by atoms with Gasteiger partial charge in [0.15, 0.2) is 5.78 Å². The van der Waals surface area contributed by atoms with E-state index in [4.69, 9.17) is 16.3 Å². The Kier molecular flexibility index (Phi) is 3.82. The van der Waals surface area contributed by atoms with Gasteiger partial charge in [-0.1, -0.05) is 17.7 Å². The molecule has 4 heteroatoms. The molecule has 1 aromatic heterocycles. The van der Waals surface area contributed by atoms with Crippen LogP contribution >= 0.6 is 22.9 Å². The average Bonchev–Trinajstić information content (AvgIpc) is 2.83. The van der Waals surface area contributed by atoms with E-state index >= 15 is 0 Å². The van der Waals surface area contributed by atoms with Crippen LogP contribution in [0.3, 0.4) is 0 Å². The Hall–Kier alpha value is -1.32. The number of hydrogen-bond acceptors (Lipinski definition) is 3. The summed E-state index contributed by atoms with van der Waals surface area (Å²) in [5, 5.41) is 2.50. The normalized spacial score (nSPS) is 10.2. The van der Waals surface area contributed by atoms with Gasteiger partial charge in [-0.05, 0) is 29.6 Å². The van der Waals surface area contributed by atoms with Gasteiger partial charge in [-0.3, -0.25) is 4.79 Å². The molecule has 0 amide bonds. The van der Waals surface area contributed by atoms with Gasteiger partial charge in [0.05, 0.1) is 12.0 Å². The van der Waals surface area contributed by atoms with Crippen LogP contribution in [0.2, 0.25) is 5.02 Å². The van der Waals surface area contributed by atoms with Gasteiger partial charge in [0.25, 0.3) is 0 Å². The minimum absolute atomic E-state index is 0.0839. The molecule has 2 rings (SSSR count). The number of carbonyl (C=O) groups is 1.